The third kappa shape index (κ3) is 4.71. The van der Waals surface area contributed by atoms with Gasteiger partial charge >= 0.3 is 5.97 Å². The summed E-state index contributed by atoms with van der Waals surface area (Å²) in [6.45, 7) is 1.93. The number of fused-ring (bicyclic) bond motifs is 1. The van der Waals surface area contributed by atoms with Crippen LogP contribution in [0.4, 0.5) is 5.13 Å². The molecule has 174 valence electrons. The number of nitrogen functional groups attached to an aromatic ring is 1. The Kier molecular flexibility index (Phi) is 6.92. The zero-order valence-corrected chi connectivity index (χ0v) is 20.3. The molecule has 2 aliphatic heterocycles. The number of nitrogens with two attached hydrogens (primary N) is 1. The van der Waals surface area contributed by atoms with Gasteiger partial charge in [-0.3, -0.25) is 14.5 Å². The molecule has 5 N–H and O–H groups in total. The SMILES string of the molecule is Cc1nc(CCSC2=C(C(=O)O)N3C(=O)[C@@H](NC(=O)/C(=N\O)c4csc(N)n4)[C@H]3SC2)cs1. The predicted molar refractivity (Wildman–Crippen MR) is 128 cm³/mol. The van der Waals surface area contributed by atoms with Crippen molar-refractivity contribution in [3.63, 3.8) is 0 Å². The Morgan fingerprint density at radius 1 is 1.36 bits per heavy atom. The van der Waals surface area contributed by atoms with E-state index in [4.69, 9.17) is 5.73 Å². The molecule has 0 unspecified atom stereocenters. The van der Waals surface area contributed by atoms with E-state index in [-0.39, 0.29) is 22.2 Å². The van der Waals surface area contributed by atoms with Crippen molar-refractivity contribution in [2.24, 2.45) is 5.16 Å². The van der Waals surface area contributed by atoms with E-state index >= 15 is 0 Å². The van der Waals surface area contributed by atoms with Gasteiger partial charge in [-0.15, -0.1) is 46.2 Å². The normalized spacial score (nSPS) is 20.5. The van der Waals surface area contributed by atoms with Crippen LogP contribution in [0.3, 0.4) is 0 Å². The number of carbonyl (C=O) groups excluding carboxylic acids is 2. The van der Waals surface area contributed by atoms with E-state index in [0.29, 0.717) is 22.8 Å². The minimum absolute atomic E-state index is 0.0583. The highest BCUT2D eigenvalue weighted by molar-refractivity contribution is 8.06. The second-order valence-corrected chi connectivity index (χ2v) is 11.2. The molecule has 2 atom stereocenters. The lowest BCUT2D eigenvalue weighted by molar-refractivity contribution is -0.150. The standard InChI is InChI=1S/C18H18N6O5S4/c1-7-20-8(4-31-7)2-3-30-10-6-32-16-12(15(26)24(16)13(10)17(27)28)22-14(25)11(23-29)9-5-33-18(19)21-9/h4-5,12,16,29H,2-3,6H2,1H3,(H2,19,21)(H,22,25)(H,27,28)/b23-11-/t12-,16-/m1/s1. The summed E-state index contributed by atoms with van der Waals surface area (Å²) in [6.07, 6.45) is 0.691. The van der Waals surface area contributed by atoms with Gasteiger partial charge in [0.05, 0.1) is 10.7 Å². The third-order valence-electron chi connectivity index (χ3n) is 4.80. The van der Waals surface area contributed by atoms with E-state index in [9.17, 15) is 24.7 Å². The van der Waals surface area contributed by atoms with E-state index in [1.807, 2.05) is 12.3 Å². The number of carbonyl (C=O) groups is 3. The molecule has 33 heavy (non-hydrogen) atoms. The van der Waals surface area contributed by atoms with Crippen molar-refractivity contribution in [1.82, 2.24) is 20.2 Å². The largest absolute Gasteiger partial charge is 0.477 e. The molecule has 0 saturated carbocycles. The lowest BCUT2D eigenvalue weighted by Gasteiger charge is -2.49. The molecular formula is C18H18N6O5S4. The molecule has 11 nitrogen and oxygen atoms in total. The zero-order chi connectivity index (χ0) is 23.7. The topological polar surface area (TPSA) is 171 Å². The quantitative estimate of drug-likeness (QED) is 0.170. The fourth-order valence-corrected chi connectivity index (χ4v) is 7.13. The van der Waals surface area contributed by atoms with E-state index < -0.39 is 29.2 Å². The highest BCUT2D eigenvalue weighted by atomic mass is 32.2. The van der Waals surface area contributed by atoms with Gasteiger partial charge in [0.1, 0.15) is 22.8 Å². The van der Waals surface area contributed by atoms with Crippen molar-refractivity contribution in [2.45, 2.75) is 24.8 Å². The predicted octanol–water partition coefficient (Wildman–Crippen LogP) is 1.34. The van der Waals surface area contributed by atoms with E-state index in [1.54, 1.807) is 11.3 Å². The first-order chi connectivity index (χ1) is 15.8. The average molecular weight is 527 g/mol. The number of β-lactam (4-membered cyclic amide) rings is 1. The van der Waals surface area contributed by atoms with Crippen molar-refractivity contribution in [2.75, 3.05) is 17.2 Å². The maximum Gasteiger partial charge on any atom is 0.353 e. The summed E-state index contributed by atoms with van der Waals surface area (Å²) >= 11 is 5.39. The van der Waals surface area contributed by atoms with Crippen LogP contribution in [0.1, 0.15) is 16.4 Å². The van der Waals surface area contributed by atoms with Gasteiger partial charge in [-0.2, -0.15) is 0 Å². The van der Waals surface area contributed by atoms with Crippen molar-refractivity contribution in [3.05, 3.63) is 37.8 Å². The molecule has 0 spiro atoms. The van der Waals surface area contributed by atoms with Gasteiger partial charge in [-0.1, -0.05) is 5.16 Å². The second-order valence-electron chi connectivity index (χ2n) is 6.91. The minimum atomic E-state index is -1.19. The molecule has 2 aliphatic rings. The molecule has 4 heterocycles. The Bertz CT molecular complexity index is 1170. The number of amides is 2. The fraction of sp³-hybridized carbons (Fsp3) is 0.333. The first-order valence-corrected chi connectivity index (χ1v) is 13.3. The minimum Gasteiger partial charge on any atom is -0.477 e. The van der Waals surface area contributed by atoms with Crippen LogP contribution < -0.4 is 11.1 Å². The molecule has 2 aromatic rings. The molecule has 2 amide bonds. The fourth-order valence-electron chi connectivity index (χ4n) is 3.32. The number of anilines is 1. The van der Waals surface area contributed by atoms with Crippen LogP contribution in [-0.4, -0.2) is 71.6 Å². The Labute approximate surface area is 204 Å². The molecule has 15 heteroatoms. The van der Waals surface area contributed by atoms with Crippen molar-refractivity contribution < 1.29 is 24.7 Å². The maximum atomic E-state index is 12.8. The van der Waals surface area contributed by atoms with Crippen LogP contribution in [0.5, 0.6) is 0 Å². The van der Waals surface area contributed by atoms with Crippen molar-refractivity contribution in [1.29, 1.82) is 0 Å². The van der Waals surface area contributed by atoms with Gasteiger partial charge in [0.2, 0.25) is 0 Å². The van der Waals surface area contributed by atoms with Gasteiger partial charge in [-0.05, 0) is 13.3 Å². The third-order valence-corrected chi connectivity index (χ3v) is 8.86. The number of rotatable bonds is 8. The van der Waals surface area contributed by atoms with Crippen molar-refractivity contribution in [3.8, 4) is 0 Å². The number of nitrogens with one attached hydrogen (secondary N) is 1. The monoisotopic (exact) mass is 526 g/mol. The number of aryl methyl sites for hydroxylation is 2. The summed E-state index contributed by atoms with van der Waals surface area (Å²) < 4.78 is 0. The number of thioether (sulfide) groups is 2. The van der Waals surface area contributed by atoms with Gasteiger partial charge in [0, 0.05) is 27.2 Å². The average Bonchev–Trinajstić information content (AvgIpc) is 3.39. The summed E-state index contributed by atoms with van der Waals surface area (Å²) in [7, 11) is 0. The molecule has 0 aromatic carbocycles. The number of nitrogens with zero attached hydrogens (tertiary/aromatic N) is 4. The number of carboxylic acid groups (broad SMARTS) is 1. The van der Waals surface area contributed by atoms with Gasteiger partial charge < -0.3 is 21.4 Å². The molecular weight excluding hydrogens is 509 g/mol. The van der Waals surface area contributed by atoms with Crippen LogP contribution >= 0.6 is 46.2 Å². The number of aliphatic carboxylic acids is 1. The van der Waals surface area contributed by atoms with Gasteiger partial charge in [-0.25, -0.2) is 14.8 Å². The lowest BCUT2D eigenvalue weighted by atomic mass is 10.0. The summed E-state index contributed by atoms with van der Waals surface area (Å²) in [5.74, 6) is -1.51. The maximum absolute atomic E-state index is 12.8. The zero-order valence-electron chi connectivity index (χ0n) is 17.0. The van der Waals surface area contributed by atoms with Crippen LogP contribution in [0.2, 0.25) is 0 Å². The molecule has 4 rings (SSSR count). The second kappa shape index (κ2) is 9.70. The number of hydrogen-bond donors (Lipinski definition) is 4. The Hall–Kier alpha value is -2.62. The van der Waals surface area contributed by atoms with Gasteiger partial charge in [0.15, 0.2) is 10.8 Å². The summed E-state index contributed by atoms with van der Waals surface area (Å²) in [4.78, 5) is 47.4. The molecule has 0 aliphatic carbocycles. The first-order valence-electron chi connectivity index (χ1n) is 9.49. The number of aromatic nitrogens is 2. The van der Waals surface area contributed by atoms with Crippen LogP contribution in [0.25, 0.3) is 0 Å². The Morgan fingerprint density at radius 3 is 2.76 bits per heavy atom. The van der Waals surface area contributed by atoms with Crippen molar-refractivity contribution >= 4 is 74.8 Å². The molecule has 2 aromatic heterocycles. The number of carboxylic acids is 1. The van der Waals surface area contributed by atoms with Crippen LogP contribution in [0, 0.1) is 6.92 Å². The summed E-state index contributed by atoms with van der Waals surface area (Å²) in [5, 5.41) is 28.5. The highest BCUT2D eigenvalue weighted by Crippen LogP contribution is 2.43. The molecule has 0 bridgehead atoms. The Morgan fingerprint density at radius 2 is 2.15 bits per heavy atom. The highest BCUT2D eigenvalue weighted by Gasteiger charge is 2.54. The van der Waals surface area contributed by atoms with Crippen LogP contribution in [-0.2, 0) is 20.8 Å². The van der Waals surface area contributed by atoms with E-state index in [2.05, 4.69) is 20.4 Å². The number of oxime groups is 1. The van der Waals surface area contributed by atoms with Gasteiger partial charge in [0.25, 0.3) is 11.8 Å². The summed E-state index contributed by atoms with van der Waals surface area (Å²) in [6, 6.07) is -0.950. The molecule has 1 fully saturated rings. The molecule has 1 saturated heterocycles. The number of hydrogen-bond acceptors (Lipinski definition) is 12. The van der Waals surface area contributed by atoms with Crippen LogP contribution in [0.15, 0.2) is 26.5 Å². The lowest BCUT2D eigenvalue weighted by Crippen LogP contribution is -2.71. The van der Waals surface area contributed by atoms with E-state index in [1.165, 1.54) is 33.8 Å². The molecule has 0 radical (unpaired) electrons. The van der Waals surface area contributed by atoms with E-state index in [0.717, 1.165) is 22.0 Å². The first kappa shape index (κ1) is 23.5. The smallest absolute Gasteiger partial charge is 0.353 e. The number of thiazole rings is 2. The summed E-state index contributed by atoms with van der Waals surface area (Å²) in [5.41, 5.74) is 6.15. The Balaban J connectivity index is 1.43.